The molecule has 0 fully saturated rings. The lowest BCUT2D eigenvalue weighted by Crippen LogP contribution is -2.12. The molecule has 1 aromatic heterocycles. The van der Waals surface area contributed by atoms with E-state index in [1.807, 2.05) is 25.3 Å². The molecule has 0 unspecified atom stereocenters. The van der Waals surface area contributed by atoms with Gasteiger partial charge in [0.15, 0.2) is 4.34 Å². The monoisotopic (exact) mass is 337 g/mol. The quantitative estimate of drug-likeness (QED) is 0.474. The normalized spacial score (nSPS) is 10.5. The van der Waals surface area contributed by atoms with Crippen LogP contribution < -0.4 is 10.1 Å². The molecule has 0 saturated carbocycles. The number of aromatic nitrogens is 2. The van der Waals surface area contributed by atoms with Crippen LogP contribution in [0, 0.1) is 13.8 Å². The Morgan fingerprint density at radius 2 is 2.18 bits per heavy atom. The summed E-state index contributed by atoms with van der Waals surface area (Å²) in [5, 5.41) is 11.1. The van der Waals surface area contributed by atoms with E-state index < -0.39 is 0 Å². The van der Waals surface area contributed by atoms with Crippen molar-refractivity contribution < 1.29 is 9.53 Å². The molecule has 1 N–H and O–H groups in total. The molecule has 1 amide bonds. The van der Waals surface area contributed by atoms with Crippen LogP contribution in [0.2, 0.25) is 0 Å². The third-order valence-corrected chi connectivity index (χ3v) is 4.78. The highest BCUT2D eigenvalue weighted by molar-refractivity contribution is 8.00. The van der Waals surface area contributed by atoms with E-state index in [0.717, 1.165) is 15.7 Å². The molecule has 2 rings (SSSR count). The van der Waals surface area contributed by atoms with Gasteiger partial charge in [0.2, 0.25) is 11.0 Å². The zero-order valence-electron chi connectivity index (χ0n) is 12.9. The first-order chi connectivity index (χ1) is 10.6. The van der Waals surface area contributed by atoms with Crippen molar-refractivity contribution in [1.82, 2.24) is 10.2 Å². The number of anilines is 1. The summed E-state index contributed by atoms with van der Waals surface area (Å²) in [4.78, 5) is 11.8. The summed E-state index contributed by atoms with van der Waals surface area (Å²) >= 11 is 2.89. The van der Waals surface area contributed by atoms with Gasteiger partial charge in [0.1, 0.15) is 5.75 Å². The van der Waals surface area contributed by atoms with Gasteiger partial charge in [0, 0.05) is 6.42 Å². The second-order valence-electron chi connectivity index (χ2n) is 4.85. The lowest BCUT2D eigenvalue weighted by molar-refractivity contribution is -0.116. The largest absolute Gasteiger partial charge is 0.493 e. The second kappa shape index (κ2) is 8.14. The fraction of sp³-hybridized carbons (Fsp3) is 0.400. The zero-order chi connectivity index (χ0) is 15.9. The number of rotatable bonds is 7. The fourth-order valence-corrected chi connectivity index (χ4v) is 3.09. The van der Waals surface area contributed by atoms with Crippen LogP contribution in [0.3, 0.4) is 0 Å². The number of carbonyl (C=O) groups is 1. The van der Waals surface area contributed by atoms with E-state index in [1.165, 1.54) is 28.7 Å². The van der Waals surface area contributed by atoms with Crippen molar-refractivity contribution in [2.45, 2.75) is 31.0 Å². The minimum atomic E-state index is -0.0620. The molecule has 118 valence electrons. The Labute approximate surface area is 138 Å². The van der Waals surface area contributed by atoms with Crippen molar-refractivity contribution in [3.63, 3.8) is 0 Å². The highest BCUT2D eigenvalue weighted by atomic mass is 32.2. The molecule has 0 bridgehead atoms. The predicted octanol–water partition coefficient (Wildman–Crippen LogP) is 3.67. The summed E-state index contributed by atoms with van der Waals surface area (Å²) in [6, 6.07) is 6.07. The molecule has 0 aliphatic carbocycles. The summed E-state index contributed by atoms with van der Waals surface area (Å²) in [7, 11) is 0. The van der Waals surface area contributed by atoms with Crippen LogP contribution in [-0.2, 0) is 4.79 Å². The van der Waals surface area contributed by atoms with E-state index in [-0.39, 0.29) is 5.91 Å². The van der Waals surface area contributed by atoms with E-state index in [2.05, 4.69) is 28.5 Å². The molecular weight excluding hydrogens is 318 g/mol. The van der Waals surface area contributed by atoms with Crippen LogP contribution in [0.25, 0.3) is 0 Å². The van der Waals surface area contributed by atoms with Crippen molar-refractivity contribution in [3.8, 4) is 5.75 Å². The van der Waals surface area contributed by atoms with Crippen molar-refractivity contribution in [2.24, 2.45) is 0 Å². The van der Waals surface area contributed by atoms with E-state index >= 15 is 0 Å². The summed E-state index contributed by atoms with van der Waals surface area (Å²) < 4.78 is 6.55. The van der Waals surface area contributed by atoms with Gasteiger partial charge in [-0.25, -0.2) is 0 Å². The molecule has 5 nitrogen and oxygen atoms in total. The first-order valence-corrected chi connectivity index (χ1v) is 9.00. The van der Waals surface area contributed by atoms with Gasteiger partial charge in [-0.1, -0.05) is 40.8 Å². The Hall–Kier alpha value is -1.60. The third kappa shape index (κ3) is 4.99. The van der Waals surface area contributed by atoms with Gasteiger partial charge in [0.25, 0.3) is 0 Å². The minimum absolute atomic E-state index is 0.0620. The van der Waals surface area contributed by atoms with Gasteiger partial charge in [-0.3, -0.25) is 4.79 Å². The van der Waals surface area contributed by atoms with Crippen molar-refractivity contribution in [1.29, 1.82) is 0 Å². The molecule has 0 aliphatic heterocycles. The van der Waals surface area contributed by atoms with E-state index in [4.69, 9.17) is 4.74 Å². The van der Waals surface area contributed by atoms with Crippen LogP contribution in [0.15, 0.2) is 22.5 Å². The SMILES string of the molecule is CSc1nnc(NC(=O)CCCOc2ccc(C)cc2C)s1. The topological polar surface area (TPSA) is 64.1 Å². The molecule has 1 aromatic carbocycles. The minimum Gasteiger partial charge on any atom is -0.493 e. The van der Waals surface area contributed by atoms with E-state index in [0.29, 0.717) is 24.6 Å². The highest BCUT2D eigenvalue weighted by Gasteiger charge is 2.08. The summed E-state index contributed by atoms with van der Waals surface area (Å²) in [5.74, 6) is 0.813. The van der Waals surface area contributed by atoms with Crippen molar-refractivity contribution >= 4 is 34.1 Å². The standard InChI is InChI=1S/C15H19N3O2S2/c1-10-6-7-12(11(2)9-10)20-8-4-5-13(19)16-14-17-18-15(21-3)22-14/h6-7,9H,4-5,8H2,1-3H3,(H,16,17,19). The number of nitrogens with one attached hydrogen (secondary N) is 1. The van der Waals surface area contributed by atoms with Crippen LogP contribution in [0.1, 0.15) is 24.0 Å². The van der Waals surface area contributed by atoms with Gasteiger partial charge < -0.3 is 10.1 Å². The number of nitrogens with zero attached hydrogens (tertiary/aromatic N) is 2. The van der Waals surface area contributed by atoms with Crippen molar-refractivity contribution in [3.05, 3.63) is 29.3 Å². The molecule has 0 aliphatic rings. The Kier molecular flexibility index (Phi) is 6.21. The smallest absolute Gasteiger partial charge is 0.226 e. The molecule has 0 saturated heterocycles. The van der Waals surface area contributed by atoms with Crippen LogP contribution >= 0.6 is 23.1 Å². The Morgan fingerprint density at radius 3 is 2.86 bits per heavy atom. The molecule has 0 spiro atoms. The van der Waals surface area contributed by atoms with Gasteiger partial charge in [-0.2, -0.15) is 0 Å². The molecule has 2 aromatic rings. The van der Waals surface area contributed by atoms with Gasteiger partial charge in [-0.05, 0) is 38.2 Å². The number of aryl methyl sites for hydroxylation is 2. The summed E-state index contributed by atoms with van der Waals surface area (Å²) in [5.41, 5.74) is 2.33. The number of ether oxygens (including phenoxy) is 1. The molecule has 0 radical (unpaired) electrons. The first-order valence-electron chi connectivity index (χ1n) is 6.96. The molecule has 22 heavy (non-hydrogen) atoms. The molecular formula is C15H19N3O2S2. The number of thioether (sulfide) groups is 1. The Bertz CT molecular complexity index is 643. The average molecular weight is 337 g/mol. The number of hydrogen-bond donors (Lipinski definition) is 1. The Morgan fingerprint density at radius 1 is 1.36 bits per heavy atom. The lowest BCUT2D eigenvalue weighted by atomic mass is 10.1. The van der Waals surface area contributed by atoms with Gasteiger partial charge in [0.05, 0.1) is 6.61 Å². The van der Waals surface area contributed by atoms with Crippen LogP contribution in [0.4, 0.5) is 5.13 Å². The number of amides is 1. The van der Waals surface area contributed by atoms with Crippen LogP contribution in [-0.4, -0.2) is 29.0 Å². The Balaban J connectivity index is 1.70. The average Bonchev–Trinajstić information content (AvgIpc) is 2.93. The molecule has 7 heteroatoms. The lowest BCUT2D eigenvalue weighted by Gasteiger charge is -2.09. The van der Waals surface area contributed by atoms with Gasteiger partial charge >= 0.3 is 0 Å². The third-order valence-electron chi connectivity index (χ3n) is 2.96. The molecule has 1 heterocycles. The summed E-state index contributed by atoms with van der Waals surface area (Å²) in [6.07, 6.45) is 2.99. The van der Waals surface area contributed by atoms with Crippen LogP contribution in [0.5, 0.6) is 5.75 Å². The van der Waals surface area contributed by atoms with Crippen molar-refractivity contribution in [2.75, 3.05) is 18.2 Å². The second-order valence-corrected chi connectivity index (χ2v) is 6.88. The fourth-order valence-electron chi connectivity index (χ4n) is 1.90. The number of benzene rings is 1. The first kappa shape index (κ1) is 16.8. The number of hydrogen-bond acceptors (Lipinski definition) is 6. The number of carbonyl (C=O) groups excluding carboxylic acids is 1. The van der Waals surface area contributed by atoms with E-state index in [1.54, 1.807) is 0 Å². The maximum Gasteiger partial charge on any atom is 0.226 e. The van der Waals surface area contributed by atoms with Gasteiger partial charge in [-0.15, -0.1) is 10.2 Å². The van der Waals surface area contributed by atoms with E-state index in [9.17, 15) is 4.79 Å². The maximum atomic E-state index is 11.8. The highest BCUT2D eigenvalue weighted by Crippen LogP contribution is 2.23. The summed E-state index contributed by atoms with van der Waals surface area (Å²) in [6.45, 7) is 4.59. The predicted molar refractivity (Wildman–Crippen MR) is 91.0 cm³/mol. The zero-order valence-corrected chi connectivity index (χ0v) is 14.5. The maximum absolute atomic E-state index is 11.8. The molecule has 0 atom stereocenters.